The molecule has 0 aromatic heterocycles. The van der Waals surface area contributed by atoms with E-state index in [1.807, 2.05) is 0 Å². The molecule has 1 rings (SSSR count). The topological polar surface area (TPSA) is 44.5 Å². The minimum absolute atomic E-state index is 0.0338. The molecule has 1 aliphatic carbocycles. The van der Waals surface area contributed by atoms with E-state index in [1.165, 1.54) is 0 Å². The molecule has 0 unspecified atom stereocenters. The van der Waals surface area contributed by atoms with Crippen LogP contribution in [-0.4, -0.2) is 27.1 Å². The van der Waals surface area contributed by atoms with Gasteiger partial charge in [-0.1, -0.05) is 0 Å². The van der Waals surface area contributed by atoms with Gasteiger partial charge in [0.15, 0.2) is 6.29 Å². The Morgan fingerprint density at radius 2 is 2.10 bits per heavy atom. The van der Waals surface area contributed by atoms with Crippen molar-refractivity contribution in [3.8, 4) is 0 Å². The third-order valence-electron chi connectivity index (χ3n) is 2.09. The zero-order chi connectivity index (χ0) is 7.56. The Bertz CT molecular complexity index is 104. The Hall–Kier alpha value is -0.120. The van der Waals surface area contributed by atoms with E-state index in [4.69, 9.17) is 15.2 Å². The van der Waals surface area contributed by atoms with Crippen molar-refractivity contribution in [3.05, 3.63) is 0 Å². The number of rotatable bonds is 4. The first-order chi connectivity index (χ1) is 4.83. The van der Waals surface area contributed by atoms with Crippen LogP contribution in [0.25, 0.3) is 0 Å². The van der Waals surface area contributed by atoms with Crippen molar-refractivity contribution in [2.75, 3.05) is 20.8 Å². The lowest BCUT2D eigenvalue weighted by atomic mass is 10.3. The van der Waals surface area contributed by atoms with Gasteiger partial charge in [-0.05, 0) is 18.9 Å². The van der Waals surface area contributed by atoms with Crippen molar-refractivity contribution in [1.29, 1.82) is 0 Å². The molecular formula is C7H15NO2. The highest BCUT2D eigenvalue weighted by Gasteiger charge is 2.42. The number of hydrogen-bond donors (Lipinski definition) is 1. The van der Waals surface area contributed by atoms with Gasteiger partial charge in [0.2, 0.25) is 0 Å². The molecule has 0 aromatic rings. The molecule has 0 aromatic carbocycles. The van der Waals surface area contributed by atoms with Gasteiger partial charge in [0.25, 0.3) is 0 Å². The van der Waals surface area contributed by atoms with Crippen molar-refractivity contribution < 1.29 is 9.47 Å². The molecule has 1 aliphatic rings. The molecule has 10 heavy (non-hydrogen) atoms. The fourth-order valence-corrected chi connectivity index (χ4v) is 1.32. The van der Waals surface area contributed by atoms with Crippen LogP contribution in [0.4, 0.5) is 0 Å². The highest BCUT2D eigenvalue weighted by atomic mass is 16.7. The van der Waals surface area contributed by atoms with Crippen molar-refractivity contribution in [2.45, 2.75) is 12.7 Å². The van der Waals surface area contributed by atoms with Crippen molar-refractivity contribution in [1.82, 2.24) is 0 Å². The molecule has 1 saturated carbocycles. The van der Waals surface area contributed by atoms with Gasteiger partial charge in [-0.15, -0.1) is 0 Å². The number of ether oxygens (including phenoxy) is 2. The lowest BCUT2D eigenvalue weighted by Crippen LogP contribution is -2.18. The zero-order valence-electron chi connectivity index (χ0n) is 6.54. The molecule has 0 radical (unpaired) electrons. The second kappa shape index (κ2) is 3.32. The first-order valence-electron chi connectivity index (χ1n) is 3.59. The average Bonchev–Trinajstić information content (AvgIpc) is 2.70. The van der Waals surface area contributed by atoms with Gasteiger partial charge in [-0.25, -0.2) is 0 Å². The Kier molecular flexibility index (Phi) is 2.65. The predicted molar refractivity (Wildman–Crippen MR) is 38.5 cm³/mol. The van der Waals surface area contributed by atoms with Crippen molar-refractivity contribution >= 4 is 0 Å². The van der Waals surface area contributed by atoms with E-state index in [9.17, 15) is 0 Å². The monoisotopic (exact) mass is 145 g/mol. The van der Waals surface area contributed by atoms with Crippen LogP contribution < -0.4 is 5.73 Å². The fraction of sp³-hybridized carbons (Fsp3) is 1.00. The van der Waals surface area contributed by atoms with Gasteiger partial charge in [0.1, 0.15) is 0 Å². The summed E-state index contributed by atoms with van der Waals surface area (Å²) in [4.78, 5) is 0. The van der Waals surface area contributed by atoms with Gasteiger partial charge >= 0.3 is 0 Å². The second-order valence-corrected chi connectivity index (χ2v) is 2.74. The van der Waals surface area contributed by atoms with Gasteiger partial charge in [0.05, 0.1) is 0 Å². The molecule has 2 N–H and O–H groups in total. The third kappa shape index (κ3) is 1.48. The molecule has 0 amide bonds. The largest absolute Gasteiger partial charge is 0.356 e. The summed E-state index contributed by atoms with van der Waals surface area (Å²) in [6, 6.07) is 0. The molecular weight excluding hydrogens is 130 g/mol. The molecule has 0 saturated heterocycles. The number of hydrogen-bond acceptors (Lipinski definition) is 3. The molecule has 0 heterocycles. The van der Waals surface area contributed by atoms with E-state index < -0.39 is 0 Å². The fourth-order valence-electron chi connectivity index (χ4n) is 1.32. The lowest BCUT2D eigenvalue weighted by Gasteiger charge is -2.11. The minimum atomic E-state index is -0.0338. The van der Waals surface area contributed by atoms with Crippen LogP contribution in [0.15, 0.2) is 0 Å². The highest BCUT2D eigenvalue weighted by Crippen LogP contribution is 2.41. The summed E-state index contributed by atoms with van der Waals surface area (Å²) in [5.74, 6) is 1.17. The summed E-state index contributed by atoms with van der Waals surface area (Å²) >= 11 is 0. The summed E-state index contributed by atoms with van der Waals surface area (Å²) < 4.78 is 10.2. The van der Waals surface area contributed by atoms with Gasteiger partial charge in [0, 0.05) is 20.1 Å². The smallest absolute Gasteiger partial charge is 0.159 e. The van der Waals surface area contributed by atoms with Gasteiger partial charge in [-0.3, -0.25) is 0 Å². The summed E-state index contributed by atoms with van der Waals surface area (Å²) in [6.45, 7) is 0.758. The maximum absolute atomic E-state index is 5.46. The second-order valence-electron chi connectivity index (χ2n) is 2.74. The van der Waals surface area contributed by atoms with E-state index in [2.05, 4.69) is 0 Å². The van der Waals surface area contributed by atoms with Crippen LogP contribution in [0, 0.1) is 11.8 Å². The van der Waals surface area contributed by atoms with Crippen molar-refractivity contribution in [2.24, 2.45) is 17.6 Å². The summed E-state index contributed by atoms with van der Waals surface area (Å²) in [5.41, 5.74) is 5.46. The van der Waals surface area contributed by atoms with Crippen LogP contribution in [0.3, 0.4) is 0 Å². The molecule has 3 nitrogen and oxygen atoms in total. The van der Waals surface area contributed by atoms with E-state index >= 15 is 0 Å². The van der Waals surface area contributed by atoms with Crippen LogP contribution in [-0.2, 0) is 9.47 Å². The van der Waals surface area contributed by atoms with Crippen LogP contribution in [0.1, 0.15) is 6.42 Å². The minimum Gasteiger partial charge on any atom is -0.356 e. The SMILES string of the molecule is COC(OC)[C@@H]1C[C@H]1CN. The maximum Gasteiger partial charge on any atom is 0.159 e. The molecule has 3 heteroatoms. The summed E-state index contributed by atoms with van der Waals surface area (Å²) in [5, 5.41) is 0. The zero-order valence-corrected chi connectivity index (χ0v) is 6.54. The quantitative estimate of drug-likeness (QED) is 0.575. The maximum atomic E-state index is 5.46. The summed E-state index contributed by atoms with van der Waals surface area (Å²) in [7, 11) is 3.33. The van der Waals surface area contributed by atoms with Gasteiger partial charge in [-0.2, -0.15) is 0 Å². The Morgan fingerprint density at radius 3 is 2.40 bits per heavy atom. The average molecular weight is 145 g/mol. The first kappa shape index (κ1) is 7.98. The first-order valence-corrected chi connectivity index (χ1v) is 3.59. The number of methoxy groups -OCH3 is 2. The highest BCUT2D eigenvalue weighted by molar-refractivity contribution is 4.89. The molecule has 1 fully saturated rings. The third-order valence-corrected chi connectivity index (χ3v) is 2.09. The summed E-state index contributed by atoms with van der Waals surface area (Å²) in [6.07, 6.45) is 1.12. The van der Waals surface area contributed by atoms with E-state index in [0.29, 0.717) is 11.8 Å². The Balaban J connectivity index is 2.22. The molecule has 2 atom stereocenters. The van der Waals surface area contributed by atoms with Crippen molar-refractivity contribution in [3.63, 3.8) is 0 Å². The van der Waals surface area contributed by atoms with E-state index in [1.54, 1.807) is 14.2 Å². The molecule has 60 valence electrons. The molecule has 0 spiro atoms. The molecule has 0 aliphatic heterocycles. The predicted octanol–water partition coefficient (Wildman–Crippen LogP) is 0.200. The van der Waals surface area contributed by atoms with Gasteiger partial charge < -0.3 is 15.2 Å². The lowest BCUT2D eigenvalue weighted by molar-refractivity contribution is -0.118. The Labute approximate surface area is 61.5 Å². The van der Waals surface area contributed by atoms with Crippen LogP contribution in [0.2, 0.25) is 0 Å². The number of nitrogens with two attached hydrogens (primary N) is 1. The Morgan fingerprint density at radius 1 is 1.50 bits per heavy atom. The van der Waals surface area contributed by atoms with E-state index in [0.717, 1.165) is 13.0 Å². The normalized spacial score (nSPS) is 31.2. The standard InChI is InChI=1S/C7H15NO2/c1-9-7(10-2)6-3-5(6)4-8/h5-7H,3-4,8H2,1-2H3/t5-,6+/m0/s1. The molecule has 0 bridgehead atoms. The van der Waals surface area contributed by atoms with E-state index in [-0.39, 0.29) is 6.29 Å². The van der Waals surface area contributed by atoms with Crippen LogP contribution >= 0.6 is 0 Å². The van der Waals surface area contributed by atoms with Crippen LogP contribution in [0.5, 0.6) is 0 Å².